The second kappa shape index (κ2) is 1.54. The van der Waals surface area contributed by atoms with Gasteiger partial charge in [-0.1, -0.05) is 13.3 Å². The molecule has 1 rings (SSSR count). The van der Waals surface area contributed by atoms with Gasteiger partial charge in [0.1, 0.15) is 0 Å². The molecule has 0 aromatic carbocycles. The molecular formula is C6H9N. The molecule has 1 fully saturated rings. The number of hydrogen-bond acceptors (Lipinski definition) is 1. The number of nitriles is 1. The Bertz CT molecular complexity index is 101. The zero-order valence-electron chi connectivity index (χ0n) is 4.52. The van der Waals surface area contributed by atoms with Crippen molar-refractivity contribution in [1.29, 1.82) is 5.26 Å². The van der Waals surface area contributed by atoms with Gasteiger partial charge in [0.2, 0.25) is 0 Å². The summed E-state index contributed by atoms with van der Waals surface area (Å²) < 4.78 is 0. The van der Waals surface area contributed by atoms with Crippen LogP contribution in [0.15, 0.2) is 0 Å². The van der Waals surface area contributed by atoms with Gasteiger partial charge in [0.05, 0.1) is 6.07 Å². The average molecular weight is 95.1 g/mol. The van der Waals surface area contributed by atoms with Gasteiger partial charge in [0, 0.05) is 5.92 Å². The van der Waals surface area contributed by atoms with Gasteiger partial charge in [-0.3, -0.25) is 0 Å². The third-order valence-corrected chi connectivity index (χ3v) is 1.61. The highest BCUT2D eigenvalue weighted by atomic mass is 14.4. The van der Waals surface area contributed by atoms with Crippen molar-refractivity contribution in [2.24, 2.45) is 11.8 Å². The summed E-state index contributed by atoms with van der Waals surface area (Å²) in [6, 6.07) is 2.24. The molecule has 2 unspecified atom stereocenters. The van der Waals surface area contributed by atoms with Crippen molar-refractivity contribution in [2.45, 2.75) is 19.8 Å². The van der Waals surface area contributed by atoms with E-state index < -0.39 is 0 Å². The topological polar surface area (TPSA) is 23.8 Å². The molecule has 1 aliphatic carbocycles. The maximum atomic E-state index is 8.26. The molecule has 1 saturated carbocycles. The molecule has 0 N–H and O–H groups in total. The predicted molar refractivity (Wildman–Crippen MR) is 27.5 cm³/mol. The van der Waals surface area contributed by atoms with Crippen LogP contribution in [0.3, 0.4) is 0 Å². The quantitative estimate of drug-likeness (QED) is 0.484. The molecule has 7 heavy (non-hydrogen) atoms. The summed E-state index contributed by atoms with van der Waals surface area (Å²) in [6.45, 7) is 2.14. The van der Waals surface area contributed by atoms with Crippen molar-refractivity contribution in [3.63, 3.8) is 0 Å². The Hall–Kier alpha value is -0.510. The van der Waals surface area contributed by atoms with Crippen LogP contribution in [-0.2, 0) is 0 Å². The van der Waals surface area contributed by atoms with E-state index in [1.54, 1.807) is 0 Å². The maximum Gasteiger partial charge on any atom is 0.0658 e. The molecule has 38 valence electrons. The Morgan fingerprint density at radius 2 is 2.57 bits per heavy atom. The molecule has 0 aliphatic heterocycles. The fourth-order valence-electron chi connectivity index (χ4n) is 0.857. The van der Waals surface area contributed by atoms with Gasteiger partial charge in [-0.15, -0.1) is 0 Å². The van der Waals surface area contributed by atoms with E-state index >= 15 is 0 Å². The second-order valence-electron chi connectivity index (χ2n) is 2.14. The third-order valence-electron chi connectivity index (χ3n) is 1.61. The lowest BCUT2D eigenvalue weighted by Crippen LogP contribution is -1.71. The number of rotatable bonds is 1. The van der Waals surface area contributed by atoms with E-state index in [9.17, 15) is 0 Å². The Labute approximate surface area is 44.0 Å². The van der Waals surface area contributed by atoms with E-state index in [-0.39, 0.29) is 0 Å². The monoisotopic (exact) mass is 95.1 g/mol. The van der Waals surface area contributed by atoms with Gasteiger partial charge < -0.3 is 0 Å². The third kappa shape index (κ3) is 0.742. The van der Waals surface area contributed by atoms with Crippen LogP contribution in [-0.4, -0.2) is 0 Å². The van der Waals surface area contributed by atoms with Crippen LogP contribution in [0, 0.1) is 23.2 Å². The zero-order chi connectivity index (χ0) is 5.28. The van der Waals surface area contributed by atoms with Crippen molar-refractivity contribution < 1.29 is 0 Å². The molecule has 0 aromatic rings. The molecule has 1 aliphatic rings. The van der Waals surface area contributed by atoms with Crippen LogP contribution in [0.5, 0.6) is 0 Å². The van der Waals surface area contributed by atoms with Crippen LogP contribution in [0.1, 0.15) is 19.8 Å². The van der Waals surface area contributed by atoms with Crippen molar-refractivity contribution in [3.05, 3.63) is 0 Å². The smallest absolute Gasteiger partial charge is 0.0658 e. The Morgan fingerprint density at radius 1 is 1.86 bits per heavy atom. The van der Waals surface area contributed by atoms with Crippen LogP contribution in [0.2, 0.25) is 0 Å². The molecule has 2 atom stereocenters. The van der Waals surface area contributed by atoms with E-state index in [4.69, 9.17) is 5.26 Å². The first-order valence-corrected chi connectivity index (χ1v) is 2.78. The molecule has 0 saturated heterocycles. The minimum atomic E-state index is 0.421. The molecule has 1 heteroatoms. The van der Waals surface area contributed by atoms with Gasteiger partial charge in [0.25, 0.3) is 0 Å². The van der Waals surface area contributed by atoms with E-state index in [0.717, 1.165) is 12.3 Å². The molecule has 0 heterocycles. The van der Waals surface area contributed by atoms with Crippen molar-refractivity contribution in [1.82, 2.24) is 0 Å². The first-order chi connectivity index (χ1) is 3.38. The maximum absolute atomic E-state index is 8.26. The first kappa shape index (κ1) is 4.64. The summed E-state index contributed by atoms with van der Waals surface area (Å²) in [6.07, 6.45) is 2.35. The Balaban J connectivity index is 2.21. The van der Waals surface area contributed by atoms with E-state index in [2.05, 4.69) is 13.0 Å². The highest BCUT2D eigenvalue weighted by Crippen LogP contribution is 2.39. The lowest BCUT2D eigenvalue weighted by molar-refractivity contribution is 0.760. The largest absolute Gasteiger partial charge is 0.198 e. The minimum absolute atomic E-state index is 0.421. The van der Waals surface area contributed by atoms with E-state index in [1.165, 1.54) is 6.42 Å². The normalized spacial score (nSPS) is 37.1. The summed E-state index contributed by atoms with van der Waals surface area (Å²) in [5.74, 6) is 1.18. The molecular weight excluding hydrogens is 86.1 g/mol. The van der Waals surface area contributed by atoms with Gasteiger partial charge in [0.15, 0.2) is 0 Å². The fraction of sp³-hybridized carbons (Fsp3) is 0.833. The lowest BCUT2D eigenvalue weighted by Gasteiger charge is -1.77. The predicted octanol–water partition coefficient (Wildman–Crippen LogP) is 1.56. The van der Waals surface area contributed by atoms with Gasteiger partial charge in [-0.05, 0) is 12.3 Å². The van der Waals surface area contributed by atoms with Gasteiger partial charge in [-0.2, -0.15) is 5.26 Å². The summed E-state index contributed by atoms with van der Waals surface area (Å²) in [7, 11) is 0. The van der Waals surface area contributed by atoms with Gasteiger partial charge in [-0.25, -0.2) is 0 Å². The molecule has 0 spiro atoms. The highest BCUT2D eigenvalue weighted by molar-refractivity contribution is 5.00. The first-order valence-electron chi connectivity index (χ1n) is 2.78. The lowest BCUT2D eigenvalue weighted by atomic mass is 10.3. The van der Waals surface area contributed by atoms with Crippen LogP contribution >= 0.6 is 0 Å². The molecule has 0 bridgehead atoms. The number of nitrogens with zero attached hydrogens (tertiary/aromatic N) is 1. The van der Waals surface area contributed by atoms with E-state index in [0.29, 0.717) is 5.92 Å². The Kier molecular flexibility index (Phi) is 1.02. The summed E-state index contributed by atoms with van der Waals surface area (Å²) >= 11 is 0. The van der Waals surface area contributed by atoms with Crippen LogP contribution in [0.25, 0.3) is 0 Å². The second-order valence-corrected chi connectivity index (χ2v) is 2.14. The molecule has 1 nitrogen and oxygen atoms in total. The summed E-state index contributed by atoms with van der Waals surface area (Å²) in [5.41, 5.74) is 0. The SMILES string of the molecule is CCC1CC1C#N. The van der Waals surface area contributed by atoms with Crippen molar-refractivity contribution in [3.8, 4) is 6.07 Å². The van der Waals surface area contributed by atoms with Crippen LogP contribution in [0.4, 0.5) is 0 Å². The average Bonchev–Trinajstić information content (AvgIpc) is 2.43. The Morgan fingerprint density at radius 3 is 2.71 bits per heavy atom. The summed E-state index contributed by atoms with van der Waals surface area (Å²) in [5, 5.41) is 8.26. The minimum Gasteiger partial charge on any atom is -0.198 e. The molecule has 0 radical (unpaired) electrons. The van der Waals surface area contributed by atoms with Crippen molar-refractivity contribution >= 4 is 0 Å². The fourth-order valence-corrected chi connectivity index (χ4v) is 0.857. The number of hydrogen-bond donors (Lipinski definition) is 0. The highest BCUT2D eigenvalue weighted by Gasteiger charge is 2.34. The standard InChI is InChI=1S/C6H9N/c1-2-5-3-6(5)4-7/h5-6H,2-3H2,1H3. The van der Waals surface area contributed by atoms with E-state index in [1.807, 2.05) is 0 Å². The summed E-state index contributed by atoms with van der Waals surface area (Å²) in [4.78, 5) is 0. The van der Waals surface area contributed by atoms with Crippen molar-refractivity contribution in [2.75, 3.05) is 0 Å². The zero-order valence-corrected chi connectivity index (χ0v) is 4.52. The van der Waals surface area contributed by atoms with Crippen LogP contribution < -0.4 is 0 Å². The molecule has 0 amide bonds. The molecule has 0 aromatic heterocycles. The van der Waals surface area contributed by atoms with Gasteiger partial charge >= 0.3 is 0 Å².